The van der Waals surface area contributed by atoms with Gasteiger partial charge in [-0.2, -0.15) is 10.1 Å². The zero-order valence-electron chi connectivity index (χ0n) is 10.3. The molecule has 0 unspecified atom stereocenters. The van der Waals surface area contributed by atoms with Gasteiger partial charge in [-0.1, -0.05) is 18.7 Å². The molecule has 0 radical (unpaired) electrons. The van der Waals surface area contributed by atoms with Crippen molar-refractivity contribution >= 4 is 18.3 Å². The van der Waals surface area contributed by atoms with E-state index in [1.807, 2.05) is 0 Å². The number of benzene rings is 1. The van der Waals surface area contributed by atoms with Crippen LogP contribution in [0, 0.1) is 0 Å². The minimum atomic E-state index is -0.312. The molecule has 1 heterocycles. The topological polar surface area (TPSA) is 77.0 Å². The first-order chi connectivity index (χ1) is 9.11. The number of carbonyl (C=O) groups is 1. The fourth-order valence-corrected chi connectivity index (χ4v) is 1.68. The van der Waals surface area contributed by atoms with Gasteiger partial charge in [0.2, 0.25) is 0 Å². The van der Waals surface area contributed by atoms with Crippen molar-refractivity contribution in [3.05, 3.63) is 48.4 Å². The van der Waals surface area contributed by atoms with Crippen molar-refractivity contribution in [1.29, 1.82) is 0 Å². The van der Waals surface area contributed by atoms with E-state index < -0.39 is 0 Å². The second kappa shape index (κ2) is 5.26. The van der Waals surface area contributed by atoms with Gasteiger partial charge >= 0.3 is 0 Å². The number of rotatable bonds is 4. The zero-order chi connectivity index (χ0) is 13.8. The number of hydrogen-bond donors (Lipinski definition) is 3. The van der Waals surface area contributed by atoms with Crippen LogP contribution in [0.15, 0.2) is 53.5 Å². The van der Waals surface area contributed by atoms with E-state index in [0.717, 1.165) is 5.01 Å². The van der Waals surface area contributed by atoms with Crippen LogP contribution in [-0.2, 0) is 4.79 Å². The number of carbonyl (C=O) groups excluding carboxylic acids is 1. The van der Waals surface area contributed by atoms with Gasteiger partial charge in [0.05, 0.1) is 12.2 Å². The van der Waals surface area contributed by atoms with Crippen molar-refractivity contribution in [2.75, 3.05) is 11.9 Å². The van der Waals surface area contributed by atoms with Gasteiger partial charge in [0.25, 0.3) is 5.91 Å². The first-order valence-electron chi connectivity index (χ1n) is 5.61. The number of amides is 1. The van der Waals surface area contributed by atoms with Crippen LogP contribution in [0.4, 0.5) is 5.69 Å². The molecule has 0 saturated carbocycles. The predicted molar refractivity (Wildman–Crippen MR) is 73.4 cm³/mol. The van der Waals surface area contributed by atoms with E-state index in [4.69, 9.17) is 0 Å². The smallest absolute Gasteiger partial charge is 0.274 e. The molecule has 98 valence electrons. The van der Waals surface area contributed by atoms with Gasteiger partial charge in [-0.25, -0.2) is 0 Å². The van der Waals surface area contributed by atoms with Crippen molar-refractivity contribution in [3.8, 4) is 5.75 Å². The third-order valence-electron chi connectivity index (χ3n) is 2.58. The Morgan fingerprint density at radius 3 is 2.79 bits per heavy atom. The van der Waals surface area contributed by atoms with Crippen LogP contribution in [0.25, 0.3) is 0 Å². The second-order valence-corrected chi connectivity index (χ2v) is 3.90. The normalized spacial score (nSPS) is 14.7. The van der Waals surface area contributed by atoms with Gasteiger partial charge in [-0.15, -0.1) is 0 Å². The molecule has 0 aromatic heterocycles. The summed E-state index contributed by atoms with van der Waals surface area (Å²) in [5, 5.41) is 20.2. The zero-order valence-corrected chi connectivity index (χ0v) is 10.3. The maximum Gasteiger partial charge on any atom is 0.274 e. The standard InChI is InChI=1S/C13H14N4O2/c1-9-16-10(7-13(19)17(9)14-2)8-15-11-5-3-4-6-12(11)18/h3-7,15-16,18H,1-2,8H2. The average Bonchev–Trinajstić information content (AvgIpc) is 2.37. The van der Waals surface area contributed by atoms with Crippen molar-refractivity contribution in [2.24, 2.45) is 5.10 Å². The molecule has 6 nitrogen and oxygen atoms in total. The molecule has 1 aromatic carbocycles. The minimum absolute atomic E-state index is 0.151. The lowest BCUT2D eigenvalue weighted by Crippen LogP contribution is -2.37. The summed E-state index contributed by atoms with van der Waals surface area (Å²) in [7, 11) is 0. The second-order valence-electron chi connectivity index (χ2n) is 3.90. The van der Waals surface area contributed by atoms with Crippen molar-refractivity contribution in [3.63, 3.8) is 0 Å². The molecule has 1 aliphatic rings. The fourth-order valence-electron chi connectivity index (χ4n) is 1.68. The molecule has 0 saturated heterocycles. The Hall–Kier alpha value is -2.76. The molecule has 0 spiro atoms. The Bertz CT molecular complexity index is 566. The number of phenolic OH excluding ortho intramolecular Hbond substituents is 1. The molecule has 3 N–H and O–H groups in total. The molecular weight excluding hydrogens is 244 g/mol. The lowest BCUT2D eigenvalue weighted by molar-refractivity contribution is -0.125. The summed E-state index contributed by atoms with van der Waals surface area (Å²) in [5.74, 6) is 0.183. The van der Waals surface area contributed by atoms with Crippen LogP contribution < -0.4 is 10.6 Å². The third-order valence-corrected chi connectivity index (χ3v) is 2.58. The van der Waals surface area contributed by atoms with Crippen molar-refractivity contribution in [1.82, 2.24) is 10.3 Å². The SMILES string of the molecule is C=NN1C(=C)NC(CNc2ccccc2O)=CC1=O. The van der Waals surface area contributed by atoms with Gasteiger partial charge in [0.1, 0.15) is 11.6 Å². The minimum Gasteiger partial charge on any atom is -0.506 e. The number of hydrazone groups is 1. The average molecular weight is 258 g/mol. The summed E-state index contributed by atoms with van der Waals surface area (Å²) < 4.78 is 0. The first kappa shape index (κ1) is 12.7. The quantitative estimate of drug-likeness (QED) is 0.560. The molecule has 0 aliphatic carbocycles. The molecule has 1 aliphatic heterocycles. The lowest BCUT2D eigenvalue weighted by Gasteiger charge is -2.25. The van der Waals surface area contributed by atoms with E-state index in [9.17, 15) is 9.90 Å². The summed E-state index contributed by atoms with van der Waals surface area (Å²) in [6.07, 6.45) is 1.40. The highest BCUT2D eigenvalue weighted by atomic mass is 16.3. The van der Waals surface area contributed by atoms with Crippen molar-refractivity contribution in [2.45, 2.75) is 0 Å². The molecular formula is C13H14N4O2. The number of nitrogens with one attached hydrogen (secondary N) is 2. The molecule has 1 amide bonds. The third kappa shape index (κ3) is 2.74. The number of para-hydroxylation sites is 2. The van der Waals surface area contributed by atoms with E-state index in [-0.39, 0.29) is 11.7 Å². The Labute approximate surface area is 110 Å². The van der Waals surface area contributed by atoms with Crippen LogP contribution in [0.1, 0.15) is 0 Å². The molecule has 0 atom stereocenters. The highest BCUT2D eigenvalue weighted by Gasteiger charge is 2.20. The summed E-state index contributed by atoms with van der Waals surface area (Å²) in [4.78, 5) is 11.7. The van der Waals surface area contributed by atoms with Gasteiger partial charge in [0, 0.05) is 18.5 Å². The number of nitrogens with zero attached hydrogens (tertiary/aromatic N) is 2. The van der Waals surface area contributed by atoms with Crippen LogP contribution in [0.2, 0.25) is 0 Å². The summed E-state index contributed by atoms with van der Waals surface area (Å²) >= 11 is 0. The van der Waals surface area contributed by atoms with Gasteiger partial charge in [0.15, 0.2) is 0 Å². The molecule has 6 heteroatoms. The predicted octanol–water partition coefficient (Wildman–Crippen LogP) is 1.21. The van der Waals surface area contributed by atoms with E-state index in [1.165, 1.54) is 6.08 Å². The van der Waals surface area contributed by atoms with Crippen LogP contribution >= 0.6 is 0 Å². The molecule has 2 rings (SSSR count). The summed E-state index contributed by atoms with van der Waals surface area (Å²) in [6, 6.07) is 6.86. The fraction of sp³-hybridized carbons (Fsp3) is 0.0769. The number of hydrogen-bond acceptors (Lipinski definition) is 5. The van der Waals surface area contributed by atoms with Gasteiger partial charge in [-0.3, -0.25) is 4.79 Å². The maximum atomic E-state index is 11.7. The monoisotopic (exact) mass is 258 g/mol. The lowest BCUT2D eigenvalue weighted by atomic mass is 10.2. The number of aromatic hydroxyl groups is 1. The number of anilines is 1. The first-order valence-corrected chi connectivity index (χ1v) is 5.61. The highest BCUT2D eigenvalue weighted by Crippen LogP contribution is 2.22. The Morgan fingerprint density at radius 1 is 1.42 bits per heavy atom. The Balaban J connectivity index is 2.05. The molecule has 19 heavy (non-hydrogen) atoms. The van der Waals surface area contributed by atoms with E-state index in [2.05, 4.69) is 29.0 Å². The largest absolute Gasteiger partial charge is 0.506 e. The van der Waals surface area contributed by atoms with Crippen molar-refractivity contribution < 1.29 is 9.90 Å². The molecule has 1 aromatic rings. The van der Waals surface area contributed by atoms with Gasteiger partial charge in [-0.05, 0) is 12.1 Å². The van der Waals surface area contributed by atoms with E-state index in [0.29, 0.717) is 23.8 Å². The highest BCUT2D eigenvalue weighted by molar-refractivity contribution is 5.90. The van der Waals surface area contributed by atoms with E-state index in [1.54, 1.807) is 24.3 Å². The summed E-state index contributed by atoms with van der Waals surface area (Å²) in [6.45, 7) is 7.33. The summed E-state index contributed by atoms with van der Waals surface area (Å²) in [5.41, 5.74) is 1.23. The molecule has 0 bridgehead atoms. The Kier molecular flexibility index (Phi) is 3.51. The van der Waals surface area contributed by atoms with E-state index >= 15 is 0 Å². The Morgan fingerprint density at radius 2 is 2.16 bits per heavy atom. The van der Waals surface area contributed by atoms with Crippen LogP contribution in [-0.4, -0.2) is 29.3 Å². The maximum absolute atomic E-state index is 11.7. The van der Waals surface area contributed by atoms with Crippen LogP contribution in [0.3, 0.4) is 0 Å². The number of phenols is 1. The van der Waals surface area contributed by atoms with Gasteiger partial charge < -0.3 is 15.7 Å². The molecule has 0 fully saturated rings. The van der Waals surface area contributed by atoms with Crippen LogP contribution in [0.5, 0.6) is 5.75 Å².